The summed E-state index contributed by atoms with van der Waals surface area (Å²) >= 11 is 4.67. The fourth-order valence-electron chi connectivity index (χ4n) is 0.911. The number of rotatable bonds is 1. The van der Waals surface area contributed by atoms with Crippen molar-refractivity contribution in [2.24, 2.45) is 7.05 Å². The van der Waals surface area contributed by atoms with E-state index in [1.54, 1.807) is 0 Å². The van der Waals surface area contributed by atoms with Crippen LogP contribution in [0.4, 0.5) is 0 Å². The molecule has 1 aromatic heterocycles. The van der Waals surface area contributed by atoms with Crippen LogP contribution in [0.1, 0.15) is 17.3 Å². The second kappa shape index (κ2) is 5.33. The van der Waals surface area contributed by atoms with E-state index in [1.165, 1.54) is 7.05 Å². The molecule has 0 saturated heterocycles. The average molecular weight is 238 g/mol. The zero-order valence-corrected chi connectivity index (χ0v) is 12.0. The Balaban J connectivity index is 0.00000169. The first-order chi connectivity index (χ1) is 5.95. The van der Waals surface area contributed by atoms with Gasteiger partial charge < -0.3 is 9.67 Å². The first-order valence-electron chi connectivity index (χ1n) is 3.46. The third-order valence-corrected chi connectivity index (χ3v) is 2.00. The number of carbonyl (C=O) groups excluding carboxylic acids is 1. The van der Waals surface area contributed by atoms with Crippen molar-refractivity contribution in [1.82, 2.24) is 9.55 Å². The number of hydrogen-bond acceptors (Lipinski definition) is 4. The minimum Gasteiger partial charge on any atom is -0.859 e. The summed E-state index contributed by atoms with van der Waals surface area (Å²) in [6.07, 6.45) is 0. The van der Waals surface area contributed by atoms with E-state index in [1.807, 2.05) is 0 Å². The van der Waals surface area contributed by atoms with Gasteiger partial charge in [-0.15, -0.1) is 0 Å². The Morgan fingerprint density at radius 2 is 2.07 bits per heavy atom. The third kappa shape index (κ3) is 2.62. The summed E-state index contributed by atoms with van der Waals surface area (Å²) in [4.78, 5) is 24.2. The van der Waals surface area contributed by atoms with Gasteiger partial charge in [-0.2, -0.15) is 0 Å². The van der Waals surface area contributed by atoms with Gasteiger partial charge in [-0.1, -0.05) is 0 Å². The minimum absolute atomic E-state index is 0. The van der Waals surface area contributed by atoms with E-state index in [0.717, 1.165) is 11.5 Å². The molecule has 0 aliphatic rings. The Hall–Kier alpha value is 0.206. The number of nitrogens with one attached hydrogen (secondary N) is 1. The molecule has 0 saturated carbocycles. The SMILES string of the molecule is CC(=O)c1c([O-])n(C)c(=S)[nH]c1=O.[K+]. The van der Waals surface area contributed by atoms with E-state index in [0.29, 0.717) is 0 Å². The van der Waals surface area contributed by atoms with Gasteiger partial charge in [0.15, 0.2) is 10.6 Å². The molecule has 7 heteroatoms. The zero-order chi connectivity index (χ0) is 10.2. The van der Waals surface area contributed by atoms with Crippen LogP contribution in [0.5, 0.6) is 5.88 Å². The molecule has 0 unspecified atom stereocenters. The summed E-state index contributed by atoms with van der Waals surface area (Å²) in [6, 6.07) is 0. The van der Waals surface area contributed by atoms with Crippen molar-refractivity contribution in [3.05, 3.63) is 20.7 Å². The molecular weight excluding hydrogens is 231 g/mol. The van der Waals surface area contributed by atoms with Gasteiger partial charge in [-0.05, 0) is 25.0 Å². The molecule has 0 atom stereocenters. The van der Waals surface area contributed by atoms with Crippen LogP contribution < -0.4 is 62.1 Å². The van der Waals surface area contributed by atoms with Gasteiger partial charge in [-0.3, -0.25) is 14.6 Å². The van der Waals surface area contributed by atoms with Crippen molar-refractivity contribution < 1.29 is 61.3 Å². The predicted octanol–water partition coefficient (Wildman–Crippen LogP) is -3.28. The molecule has 0 aromatic carbocycles. The summed E-state index contributed by atoms with van der Waals surface area (Å²) in [5.41, 5.74) is -1.10. The van der Waals surface area contributed by atoms with Crippen molar-refractivity contribution in [3.63, 3.8) is 0 Å². The molecule has 0 fully saturated rings. The predicted molar refractivity (Wildman–Crippen MR) is 46.3 cm³/mol. The number of H-pyrrole nitrogens is 1. The fraction of sp³-hybridized carbons (Fsp3) is 0.286. The number of Topliss-reactive ketones (excluding diaryl/α,β-unsaturated/α-hetero) is 1. The van der Waals surface area contributed by atoms with E-state index in [9.17, 15) is 14.7 Å². The van der Waals surface area contributed by atoms with Gasteiger partial charge >= 0.3 is 51.4 Å². The Morgan fingerprint density at radius 3 is 2.50 bits per heavy atom. The third-order valence-electron chi connectivity index (χ3n) is 1.62. The normalized spacial score (nSPS) is 9.29. The van der Waals surface area contributed by atoms with Crippen molar-refractivity contribution in [2.75, 3.05) is 0 Å². The van der Waals surface area contributed by atoms with Gasteiger partial charge in [-0.25, -0.2) is 0 Å². The first-order valence-corrected chi connectivity index (χ1v) is 3.87. The van der Waals surface area contributed by atoms with Crippen molar-refractivity contribution in [1.29, 1.82) is 0 Å². The second-order valence-electron chi connectivity index (χ2n) is 2.55. The maximum atomic E-state index is 11.3. The Labute approximate surface area is 128 Å². The molecule has 70 valence electrons. The van der Waals surface area contributed by atoms with E-state index >= 15 is 0 Å². The molecular formula is C7H7KN2O3S. The summed E-state index contributed by atoms with van der Waals surface area (Å²) < 4.78 is 1.06. The van der Waals surface area contributed by atoms with Gasteiger partial charge in [0.2, 0.25) is 0 Å². The van der Waals surface area contributed by atoms with E-state index in [4.69, 9.17) is 0 Å². The van der Waals surface area contributed by atoms with Crippen molar-refractivity contribution in [2.45, 2.75) is 6.92 Å². The summed E-state index contributed by atoms with van der Waals surface area (Å²) in [5, 5.41) is 11.3. The molecule has 0 amide bonds. The fourth-order valence-corrected chi connectivity index (χ4v) is 1.09. The largest absolute Gasteiger partial charge is 1.00 e. The Kier molecular flexibility index (Phi) is 5.41. The van der Waals surface area contributed by atoms with Crippen LogP contribution in [0.2, 0.25) is 0 Å². The molecule has 1 aromatic rings. The Bertz CT molecular complexity index is 477. The number of aromatic amines is 1. The van der Waals surface area contributed by atoms with Crippen LogP contribution in [-0.2, 0) is 7.05 Å². The summed E-state index contributed by atoms with van der Waals surface area (Å²) in [6.45, 7) is 1.16. The molecule has 1 rings (SSSR count). The van der Waals surface area contributed by atoms with Crippen LogP contribution >= 0.6 is 12.2 Å². The smallest absolute Gasteiger partial charge is 0.859 e. The number of nitrogens with zero attached hydrogens (tertiary/aromatic N) is 1. The van der Waals surface area contributed by atoms with Crippen molar-refractivity contribution >= 4 is 18.0 Å². The molecule has 14 heavy (non-hydrogen) atoms. The minimum atomic E-state index is -0.722. The van der Waals surface area contributed by atoms with E-state index in [-0.39, 0.29) is 61.7 Å². The van der Waals surface area contributed by atoms with Crippen LogP contribution in [0.3, 0.4) is 0 Å². The topological polar surface area (TPSA) is 77.9 Å². The zero-order valence-electron chi connectivity index (χ0n) is 8.08. The molecule has 5 nitrogen and oxygen atoms in total. The number of aromatic nitrogens is 2. The summed E-state index contributed by atoms with van der Waals surface area (Å²) in [5.74, 6) is -1.21. The van der Waals surface area contributed by atoms with E-state index < -0.39 is 17.2 Å². The monoisotopic (exact) mass is 238 g/mol. The molecule has 0 aliphatic heterocycles. The van der Waals surface area contributed by atoms with Gasteiger partial charge in [0.05, 0.1) is 5.56 Å². The van der Waals surface area contributed by atoms with Crippen LogP contribution in [0, 0.1) is 4.77 Å². The van der Waals surface area contributed by atoms with Gasteiger partial charge in [0.1, 0.15) is 0 Å². The molecule has 0 spiro atoms. The molecule has 0 aliphatic carbocycles. The van der Waals surface area contributed by atoms with Crippen LogP contribution in [-0.4, -0.2) is 15.3 Å². The maximum absolute atomic E-state index is 11.3. The maximum Gasteiger partial charge on any atom is 1.00 e. The first kappa shape index (κ1) is 14.2. The molecule has 0 bridgehead atoms. The second-order valence-corrected chi connectivity index (χ2v) is 2.94. The molecule has 0 radical (unpaired) electrons. The van der Waals surface area contributed by atoms with Crippen LogP contribution in [0.15, 0.2) is 4.79 Å². The Morgan fingerprint density at radius 1 is 1.57 bits per heavy atom. The van der Waals surface area contributed by atoms with Crippen molar-refractivity contribution in [3.8, 4) is 5.88 Å². The van der Waals surface area contributed by atoms with Crippen LogP contribution in [0.25, 0.3) is 0 Å². The number of ketones is 1. The number of carbonyl (C=O) groups is 1. The quantitative estimate of drug-likeness (QED) is 0.316. The molecule has 1 N–H and O–H groups in total. The summed E-state index contributed by atoms with van der Waals surface area (Å²) in [7, 11) is 1.40. The molecule has 1 heterocycles. The van der Waals surface area contributed by atoms with E-state index in [2.05, 4.69) is 17.2 Å². The number of hydrogen-bond donors (Lipinski definition) is 1. The standard InChI is InChI=1S/C7H8N2O3S.K/c1-3(10)4-5(11)8-7(13)9(2)6(4)12;/h12H,1-2H3,(H,8,11,13);/q;+1/p-1. The van der Waals surface area contributed by atoms with Gasteiger partial charge in [0, 0.05) is 7.05 Å². The average Bonchev–Trinajstić information content (AvgIpc) is 1.99. The van der Waals surface area contributed by atoms with Gasteiger partial charge in [0.25, 0.3) is 5.56 Å².